The fourth-order valence-corrected chi connectivity index (χ4v) is 3.17. The number of anilines is 1. The van der Waals surface area contributed by atoms with Crippen LogP contribution in [-0.4, -0.2) is 53.1 Å². The Labute approximate surface area is 139 Å². The van der Waals surface area contributed by atoms with Crippen LogP contribution in [0.3, 0.4) is 0 Å². The number of H-pyrrole nitrogens is 1. The molecule has 0 saturated carbocycles. The van der Waals surface area contributed by atoms with Crippen molar-refractivity contribution in [1.29, 1.82) is 0 Å². The molecule has 0 radical (unpaired) electrons. The van der Waals surface area contributed by atoms with Gasteiger partial charge in [-0.25, -0.2) is 9.97 Å². The number of hydrogen-bond acceptors (Lipinski definition) is 4. The highest BCUT2D eigenvalue weighted by Crippen LogP contribution is 2.30. The highest BCUT2D eigenvalue weighted by atomic mass is 35.5. The molecule has 3 aromatic rings. The summed E-state index contributed by atoms with van der Waals surface area (Å²) < 4.78 is 0. The molecule has 23 heavy (non-hydrogen) atoms. The van der Waals surface area contributed by atoms with Gasteiger partial charge in [-0.05, 0) is 30.8 Å². The first-order valence-corrected chi connectivity index (χ1v) is 8.11. The van der Waals surface area contributed by atoms with Crippen LogP contribution in [0.2, 0.25) is 5.02 Å². The van der Waals surface area contributed by atoms with Crippen LogP contribution in [0.4, 0.5) is 5.82 Å². The molecular weight excluding hydrogens is 310 g/mol. The number of nitrogens with one attached hydrogen (secondary N) is 1. The predicted octanol–water partition coefficient (Wildman–Crippen LogP) is 3.03. The fraction of sp³-hybridized carbons (Fsp3) is 0.294. The van der Waals surface area contributed by atoms with Crippen LogP contribution in [0.1, 0.15) is 0 Å². The Morgan fingerprint density at radius 3 is 2.78 bits per heavy atom. The molecule has 0 amide bonds. The lowest BCUT2D eigenvalue weighted by molar-refractivity contribution is 0.312. The molecule has 5 nitrogen and oxygen atoms in total. The zero-order valence-corrected chi connectivity index (χ0v) is 13.7. The van der Waals surface area contributed by atoms with E-state index in [2.05, 4.69) is 37.9 Å². The summed E-state index contributed by atoms with van der Waals surface area (Å²) in [4.78, 5) is 16.8. The second-order valence-corrected chi connectivity index (χ2v) is 6.38. The molecule has 1 aliphatic rings. The number of pyridine rings is 2. The number of piperazine rings is 1. The zero-order chi connectivity index (χ0) is 15.8. The molecule has 0 bridgehead atoms. The third-order valence-electron chi connectivity index (χ3n) is 4.38. The monoisotopic (exact) mass is 327 g/mol. The van der Waals surface area contributed by atoms with Crippen LogP contribution in [0, 0.1) is 0 Å². The fourth-order valence-electron chi connectivity index (χ4n) is 3.01. The number of halogens is 1. The van der Waals surface area contributed by atoms with Gasteiger partial charge >= 0.3 is 0 Å². The summed E-state index contributed by atoms with van der Waals surface area (Å²) in [6, 6.07) is 6.13. The highest BCUT2D eigenvalue weighted by molar-refractivity contribution is 6.31. The largest absolute Gasteiger partial charge is 0.354 e. The van der Waals surface area contributed by atoms with E-state index in [4.69, 9.17) is 11.6 Å². The maximum absolute atomic E-state index is 6.10. The van der Waals surface area contributed by atoms with Crippen LogP contribution in [0.25, 0.3) is 22.2 Å². The summed E-state index contributed by atoms with van der Waals surface area (Å²) in [5.74, 6) is 1.03. The summed E-state index contributed by atoms with van der Waals surface area (Å²) >= 11 is 6.10. The Hall–Kier alpha value is -2.11. The number of likely N-dealkylation sites (N-methyl/N-ethyl adjacent to an activating group) is 1. The van der Waals surface area contributed by atoms with Crippen LogP contribution >= 0.6 is 11.6 Å². The Kier molecular flexibility index (Phi) is 3.67. The lowest BCUT2D eigenvalue weighted by Gasteiger charge is -2.33. The molecule has 4 heterocycles. The van der Waals surface area contributed by atoms with Crippen molar-refractivity contribution in [2.45, 2.75) is 0 Å². The predicted molar refractivity (Wildman–Crippen MR) is 94.0 cm³/mol. The van der Waals surface area contributed by atoms with E-state index >= 15 is 0 Å². The Balaban J connectivity index is 1.71. The van der Waals surface area contributed by atoms with E-state index in [1.807, 2.05) is 24.5 Å². The molecule has 4 rings (SSSR count). The molecule has 0 spiro atoms. The molecule has 1 aliphatic heterocycles. The van der Waals surface area contributed by atoms with Crippen molar-refractivity contribution in [3.63, 3.8) is 0 Å². The molecule has 0 aromatic carbocycles. The van der Waals surface area contributed by atoms with Crippen molar-refractivity contribution in [2.24, 2.45) is 0 Å². The van der Waals surface area contributed by atoms with E-state index in [9.17, 15) is 0 Å². The van der Waals surface area contributed by atoms with Gasteiger partial charge in [0.15, 0.2) is 0 Å². The summed E-state index contributed by atoms with van der Waals surface area (Å²) in [6.07, 6.45) is 5.52. The van der Waals surface area contributed by atoms with Gasteiger partial charge in [0, 0.05) is 55.7 Å². The zero-order valence-electron chi connectivity index (χ0n) is 13.0. The Morgan fingerprint density at radius 1 is 1.13 bits per heavy atom. The molecule has 0 aliphatic carbocycles. The van der Waals surface area contributed by atoms with E-state index in [1.54, 1.807) is 6.20 Å². The van der Waals surface area contributed by atoms with Crippen LogP contribution < -0.4 is 4.90 Å². The molecule has 3 aromatic heterocycles. The second kappa shape index (κ2) is 5.83. The van der Waals surface area contributed by atoms with Crippen LogP contribution in [-0.2, 0) is 0 Å². The van der Waals surface area contributed by atoms with Gasteiger partial charge in [-0.15, -0.1) is 0 Å². The van der Waals surface area contributed by atoms with E-state index in [-0.39, 0.29) is 0 Å². The van der Waals surface area contributed by atoms with E-state index in [0.29, 0.717) is 5.02 Å². The lowest BCUT2D eigenvalue weighted by Crippen LogP contribution is -2.44. The maximum Gasteiger partial charge on any atom is 0.137 e. The van der Waals surface area contributed by atoms with Crippen molar-refractivity contribution in [3.8, 4) is 11.1 Å². The normalized spacial score (nSPS) is 16.2. The molecule has 1 fully saturated rings. The number of rotatable bonds is 2. The Bertz CT molecular complexity index is 836. The quantitative estimate of drug-likeness (QED) is 0.786. The van der Waals surface area contributed by atoms with E-state index < -0.39 is 0 Å². The number of aromatic amines is 1. The van der Waals surface area contributed by atoms with Crippen molar-refractivity contribution < 1.29 is 0 Å². The third-order valence-corrected chi connectivity index (χ3v) is 4.59. The molecule has 6 heteroatoms. The average molecular weight is 328 g/mol. The number of nitrogens with zero attached hydrogens (tertiary/aromatic N) is 4. The van der Waals surface area contributed by atoms with Gasteiger partial charge in [-0.2, -0.15) is 0 Å². The smallest absolute Gasteiger partial charge is 0.137 e. The van der Waals surface area contributed by atoms with Gasteiger partial charge in [0.1, 0.15) is 11.5 Å². The number of fused-ring (bicyclic) bond motifs is 1. The topological polar surface area (TPSA) is 48.0 Å². The van der Waals surface area contributed by atoms with Gasteiger partial charge in [-0.3, -0.25) is 0 Å². The third kappa shape index (κ3) is 2.78. The van der Waals surface area contributed by atoms with Gasteiger partial charge in [0.2, 0.25) is 0 Å². The molecule has 1 N–H and O–H groups in total. The van der Waals surface area contributed by atoms with Gasteiger partial charge < -0.3 is 14.8 Å². The first-order valence-electron chi connectivity index (χ1n) is 7.73. The van der Waals surface area contributed by atoms with Gasteiger partial charge in [-0.1, -0.05) is 11.6 Å². The summed E-state index contributed by atoms with van der Waals surface area (Å²) in [7, 11) is 2.16. The first-order chi connectivity index (χ1) is 11.2. The summed E-state index contributed by atoms with van der Waals surface area (Å²) in [5, 5.41) is 1.68. The molecule has 118 valence electrons. The van der Waals surface area contributed by atoms with Crippen LogP contribution in [0.5, 0.6) is 0 Å². The standard InChI is InChI=1S/C17H18ClN5/c1-22-4-6-23(7-5-22)16-8-12(2-3-19-16)15-11-21-17-14(15)9-13(18)10-20-17/h2-3,8-11H,4-7H2,1H3,(H,20,21). The highest BCUT2D eigenvalue weighted by Gasteiger charge is 2.16. The van der Waals surface area contributed by atoms with Crippen molar-refractivity contribution in [2.75, 3.05) is 38.1 Å². The lowest BCUT2D eigenvalue weighted by atomic mass is 10.1. The first kappa shape index (κ1) is 14.5. The maximum atomic E-state index is 6.10. The SMILES string of the molecule is CN1CCN(c2cc(-c3c[nH]c4ncc(Cl)cc34)ccn2)CC1. The minimum Gasteiger partial charge on any atom is -0.354 e. The molecular formula is C17H18ClN5. The van der Waals surface area contributed by atoms with Crippen molar-refractivity contribution in [1.82, 2.24) is 19.9 Å². The number of hydrogen-bond donors (Lipinski definition) is 1. The van der Waals surface area contributed by atoms with Gasteiger partial charge in [0.25, 0.3) is 0 Å². The molecule has 0 atom stereocenters. The number of aromatic nitrogens is 3. The minimum absolute atomic E-state index is 0.645. The summed E-state index contributed by atoms with van der Waals surface area (Å²) in [6.45, 7) is 4.15. The minimum atomic E-state index is 0.645. The second-order valence-electron chi connectivity index (χ2n) is 5.95. The van der Waals surface area contributed by atoms with Gasteiger partial charge in [0.05, 0.1) is 5.02 Å². The Morgan fingerprint density at radius 2 is 1.96 bits per heavy atom. The molecule has 1 saturated heterocycles. The van der Waals surface area contributed by atoms with Crippen LogP contribution in [0.15, 0.2) is 36.8 Å². The van der Waals surface area contributed by atoms with Crippen molar-refractivity contribution >= 4 is 28.5 Å². The molecule has 0 unspecified atom stereocenters. The summed E-state index contributed by atoms with van der Waals surface area (Å²) in [5.41, 5.74) is 3.08. The van der Waals surface area contributed by atoms with E-state index in [0.717, 1.165) is 54.2 Å². The van der Waals surface area contributed by atoms with Crippen molar-refractivity contribution in [3.05, 3.63) is 41.8 Å². The average Bonchev–Trinajstić information content (AvgIpc) is 2.98. The van der Waals surface area contributed by atoms with E-state index in [1.165, 1.54) is 0 Å².